The number of hydrogen-bond donors (Lipinski definition) is 1. The van der Waals surface area contributed by atoms with Gasteiger partial charge in [0.25, 0.3) is 10.2 Å². The minimum atomic E-state index is -3.23. The van der Waals surface area contributed by atoms with E-state index < -0.39 is 10.2 Å². The quantitative estimate of drug-likeness (QED) is 0.782. The summed E-state index contributed by atoms with van der Waals surface area (Å²) in [5.41, 5.74) is 5.70. The van der Waals surface area contributed by atoms with E-state index in [2.05, 4.69) is 0 Å². The van der Waals surface area contributed by atoms with Gasteiger partial charge in [0.1, 0.15) is 0 Å². The molecule has 5 nitrogen and oxygen atoms in total. The Labute approximate surface area is 104 Å². The zero-order valence-corrected chi connectivity index (χ0v) is 11.3. The first kappa shape index (κ1) is 13.3. The highest BCUT2D eigenvalue weighted by Gasteiger charge is 2.39. The summed E-state index contributed by atoms with van der Waals surface area (Å²) in [6.07, 6.45) is 5.54. The molecule has 1 saturated heterocycles. The Morgan fingerprint density at radius 3 is 2.41 bits per heavy atom. The molecule has 0 spiro atoms. The van der Waals surface area contributed by atoms with Crippen molar-refractivity contribution >= 4 is 10.2 Å². The van der Waals surface area contributed by atoms with Gasteiger partial charge in [-0.05, 0) is 25.3 Å². The van der Waals surface area contributed by atoms with Crippen LogP contribution in [0.25, 0.3) is 0 Å². The van der Waals surface area contributed by atoms with Crippen molar-refractivity contribution in [2.75, 3.05) is 26.7 Å². The van der Waals surface area contributed by atoms with Gasteiger partial charge in [-0.15, -0.1) is 0 Å². The van der Waals surface area contributed by atoms with Gasteiger partial charge in [-0.3, -0.25) is 0 Å². The molecule has 1 aliphatic carbocycles. The highest BCUT2D eigenvalue weighted by molar-refractivity contribution is 7.86. The molecule has 2 rings (SSSR count). The monoisotopic (exact) mass is 261 g/mol. The number of rotatable bonds is 2. The summed E-state index contributed by atoms with van der Waals surface area (Å²) in [6.45, 7) is 1.72. The summed E-state index contributed by atoms with van der Waals surface area (Å²) in [5.74, 6) is 0.269. The van der Waals surface area contributed by atoms with Crippen molar-refractivity contribution in [2.24, 2.45) is 11.7 Å². The number of nitrogens with two attached hydrogens (primary N) is 1. The molecule has 2 N–H and O–H groups in total. The normalized spacial score (nSPS) is 32.7. The lowest BCUT2D eigenvalue weighted by atomic mass is 9.95. The Kier molecular flexibility index (Phi) is 4.07. The van der Waals surface area contributed by atoms with Crippen molar-refractivity contribution < 1.29 is 8.42 Å². The second-order valence-corrected chi connectivity index (χ2v) is 7.24. The summed E-state index contributed by atoms with van der Waals surface area (Å²) in [5, 5.41) is 0. The van der Waals surface area contributed by atoms with E-state index in [0.717, 1.165) is 25.7 Å². The van der Waals surface area contributed by atoms with E-state index in [0.29, 0.717) is 19.6 Å². The lowest BCUT2D eigenvalue weighted by Gasteiger charge is -2.42. The minimum Gasteiger partial charge on any atom is -0.330 e. The summed E-state index contributed by atoms with van der Waals surface area (Å²) in [6, 6.07) is 0.200. The standard InChI is InChI=1S/C11H23N3O2S/c1-13-8-10(7-12)9-14(17(13,15)16)11-5-3-2-4-6-11/h10-11H,2-9,12H2,1H3. The van der Waals surface area contributed by atoms with E-state index in [-0.39, 0.29) is 12.0 Å². The molecule has 0 amide bonds. The van der Waals surface area contributed by atoms with E-state index in [1.807, 2.05) is 0 Å². The molecule has 2 aliphatic rings. The molecular formula is C11H23N3O2S. The van der Waals surface area contributed by atoms with Crippen LogP contribution in [0, 0.1) is 5.92 Å². The van der Waals surface area contributed by atoms with Crippen LogP contribution in [0.5, 0.6) is 0 Å². The van der Waals surface area contributed by atoms with E-state index >= 15 is 0 Å². The fourth-order valence-electron chi connectivity index (χ4n) is 2.90. The average Bonchev–Trinajstić information content (AvgIpc) is 2.33. The molecule has 0 radical (unpaired) electrons. The third kappa shape index (κ3) is 2.65. The maximum Gasteiger partial charge on any atom is 0.281 e. The average molecular weight is 261 g/mol. The van der Waals surface area contributed by atoms with Gasteiger partial charge in [0, 0.05) is 26.2 Å². The van der Waals surface area contributed by atoms with Gasteiger partial charge in [0.05, 0.1) is 0 Å². The first-order valence-electron chi connectivity index (χ1n) is 6.49. The molecule has 0 aromatic rings. The third-order valence-corrected chi connectivity index (χ3v) is 5.94. The van der Waals surface area contributed by atoms with Crippen molar-refractivity contribution in [3.63, 3.8) is 0 Å². The Morgan fingerprint density at radius 2 is 1.82 bits per heavy atom. The van der Waals surface area contributed by atoms with Crippen LogP contribution >= 0.6 is 0 Å². The Balaban J connectivity index is 2.16. The second kappa shape index (κ2) is 5.22. The van der Waals surface area contributed by atoms with Crippen molar-refractivity contribution in [1.29, 1.82) is 0 Å². The number of nitrogens with zero attached hydrogens (tertiary/aromatic N) is 2. The largest absolute Gasteiger partial charge is 0.330 e. The highest BCUT2D eigenvalue weighted by Crippen LogP contribution is 2.29. The van der Waals surface area contributed by atoms with Crippen LogP contribution in [-0.4, -0.2) is 49.8 Å². The van der Waals surface area contributed by atoms with Crippen LogP contribution in [0.1, 0.15) is 32.1 Å². The Hall–Kier alpha value is -0.170. The molecule has 17 heavy (non-hydrogen) atoms. The molecule has 1 unspecified atom stereocenters. The molecule has 1 atom stereocenters. The lowest BCUT2D eigenvalue weighted by molar-refractivity contribution is 0.178. The van der Waals surface area contributed by atoms with E-state index in [4.69, 9.17) is 5.73 Å². The smallest absolute Gasteiger partial charge is 0.281 e. The maximum absolute atomic E-state index is 12.3. The van der Waals surface area contributed by atoms with Crippen molar-refractivity contribution in [2.45, 2.75) is 38.1 Å². The Bertz CT molecular complexity index is 352. The van der Waals surface area contributed by atoms with Gasteiger partial charge in [-0.1, -0.05) is 19.3 Å². The second-order valence-electron chi connectivity index (χ2n) is 5.25. The molecule has 2 fully saturated rings. The highest BCUT2D eigenvalue weighted by atomic mass is 32.2. The van der Waals surface area contributed by atoms with Gasteiger partial charge in [-0.25, -0.2) is 0 Å². The molecular weight excluding hydrogens is 238 g/mol. The van der Waals surface area contributed by atoms with Gasteiger partial charge in [-0.2, -0.15) is 17.0 Å². The van der Waals surface area contributed by atoms with Crippen LogP contribution in [0.4, 0.5) is 0 Å². The SMILES string of the molecule is CN1CC(CN)CN(C2CCCCC2)S1(=O)=O. The predicted molar refractivity (Wildman–Crippen MR) is 67.7 cm³/mol. The van der Waals surface area contributed by atoms with Crippen molar-refractivity contribution in [1.82, 2.24) is 8.61 Å². The van der Waals surface area contributed by atoms with E-state index in [9.17, 15) is 8.42 Å². The van der Waals surface area contributed by atoms with Crippen LogP contribution in [0.3, 0.4) is 0 Å². The first-order chi connectivity index (χ1) is 8.05. The minimum absolute atomic E-state index is 0.200. The summed E-state index contributed by atoms with van der Waals surface area (Å²) < 4.78 is 27.7. The third-order valence-electron chi connectivity index (χ3n) is 3.96. The molecule has 0 bridgehead atoms. The fraction of sp³-hybridized carbons (Fsp3) is 1.00. The van der Waals surface area contributed by atoms with E-state index in [1.165, 1.54) is 10.7 Å². The molecule has 1 heterocycles. The van der Waals surface area contributed by atoms with Crippen LogP contribution in [-0.2, 0) is 10.2 Å². The van der Waals surface area contributed by atoms with Crippen molar-refractivity contribution in [3.05, 3.63) is 0 Å². The molecule has 0 aromatic heterocycles. The lowest BCUT2D eigenvalue weighted by Crippen LogP contribution is -2.57. The van der Waals surface area contributed by atoms with Gasteiger partial charge in [0.2, 0.25) is 0 Å². The van der Waals surface area contributed by atoms with E-state index in [1.54, 1.807) is 11.4 Å². The van der Waals surface area contributed by atoms with Gasteiger partial charge in [0.15, 0.2) is 0 Å². The molecule has 0 aromatic carbocycles. The number of hydrogen-bond acceptors (Lipinski definition) is 3. The first-order valence-corrected chi connectivity index (χ1v) is 7.88. The predicted octanol–water partition coefficient (Wildman–Crippen LogP) is 0.386. The zero-order chi connectivity index (χ0) is 12.5. The topological polar surface area (TPSA) is 66.6 Å². The van der Waals surface area contributed by atoms with Crippen LogP contribution in [0.15, 0.2) is 0 Å². The van der Waals surface area contributed by atoms with Crippen molar-refractivity contribution in [3.8, 4) is 0 Å². The van der Waals surface area contributed by atoms with Gasteiger partial charge >= 0.3 is 0 Å². The Morgan fingerprint density at radius 1 is 1.18 bits per heavy atom. The van der Waals surface area contributed by atoms with Crippen LogP contribution in [0.2, 0.25) is 0 Å². The molecule has 6 heteroatoms. The fourth-order valence-corrected chi connectivity index (χ4v) is 4.64. The molecule has 100 valence electrons. The summed E-state index contributed by atoms with van der Waals surface area (Å²) >= 11 is 0. The zero-order valence-electron chi connectivity index (χ0n) is 10.5. The maximum atomic E-state index is 12.3. The summed E-state index contributed by atoms with van der Waals surface area (Å²) in [7, 11) is -1.57. The van der Waals surface area contributed by atoms with Gasteiger partial charge < -0.3 is 5.73 Å². The molecule has 1 aliphatic heterocycles. The summed E-state index contributed by atoms with van der Waals surface area (Å²) in [4.78, 5) is 0. The van der Waals surface area contributed by atoms with Crippen LogP contribution < -0.4 is 5.73 Å². The molecule has 1 saturated carbocycles.